The zero-order valence-corrected chi connectivity index (χ0v) is 26.3. The fourth-order valence-corrected chi connectivity index (χ4v) is 6.46. The van der Waals surface area contributed by atoms with Crippen LogP contribution in [0.1, 0.15) is 51.9 Å². The van der Waals surface area contributed by atoms with Gasteiger partial charge in [-0.1, -0.05) is 35.5 Å². The minimum atomic E-state index is -3.88. The maximum absolute atomic E-state index is 15.3. The molecule has 0 saturated carbocycles. The van der Waals surface area contributed by atoms with Gasteiger partial charge in [0.15, 0.2) is 21.3 Å². The van der Waals surface area contributed by atoms with E-state index in [1.54, 1.807) is 46.0 Å². The SMILES string of the molecule is CN(Cc1ccc(-c2cc(-c3nc(-c4ccc5c(c4)C(F)C(C)(C)S5(=O)=O)cnc3OC(N)=O)on2)cc1)C(=O)OC(C)(C)C. The molecule has 1 unspecified atom stereocenters. The molecule has 45 heavy (non-hydrogen) atoms. The standard InChI is InChI=1S/C31H32FN5O7S/c1-30(2,3)43-29(39)37(6)16-17-7-9-18(10-8-17)21-14-23(44-36-21)25-27(42-28(33)38)34-15-22(35-25)19-11-12-24-20(13-19)26(32)31(4,5)45(24,40)41/h7-15,26H,16H2,1-6H3,(H2,33,38). The van der Waals surface area contributed by atoms with Crippen molar-refractivity contribution in [3.05, 3.63) is 65.9 Å². The second-order valence-electron chi connectivity index (χ2n) is 12.2. The molecule has 14 heteroatoms. The van der Waals surface area contributed by atoms with Crippen LogP contribution in [0.3, 0.4) is 0 Å². The van der Waals surface area contributed by atoms with Crippen LogP contribution in [0.5, 0.6) is 5.88 Å². The molecule has 0 fully saturated rings. The number of benzene rings is 2. The van der Waals surface area contributed by atoms with Crippen LogP contribution in [0, 0.1) is 0 Å². The Morgan fingerprint density at radius 1 is 1.07 bits per heavy atom. The van der Waals surface area contributed by atoms with Gasteiger partial charge in [0.2, 0.25) is 0 Å². The first-order chi connectivity index (χ1) is 21.0. The van der Waals surface area contributed by atoms with Gasteiger partial charge in [-0.25, -0.2) is 32.4 Å². The highest BCUT2D eigenvalue weighted by molar-refractivity contribution is 7.93. The van der Waals surface area contributed by atoms with Crippen LogP contribution in [-0.4, -0.2) is 58.0 Å². The number of primary amides is 1. The highest BCUT2D eigenvalue weighted by Gasteiger charge is 2.52. The number of hydrogen-bond acceptors (Lipinski definition) is 10. The predicted molar refractivity (Wildman–Crippen MR) is 161 cm³/mol. The zero-order valence-electron chi connectivity index (χ0n) is 25.5. The summed E-state index contributed by atoms with van der Waals surface area (Å²) in [7, 11) is -2.23. The fourth-order valence-electron chi connectivity index (χ4n) is 4.77. The zero-order chi connectivity index (χ0) is 32.9. The van der Waals surface area contributed by atoms with Crippen molar-refractivity contribution < 1.29 is 36.4 Å². The van der Waals surface area contributed by atoms with Crippen molar-refractivity contribution in [1.82, 2.24) is 20.0 Å². The third-order valence-electron chi connectivity index (χ3n) is 7.23. The van der Waals surface area contributed by atoms with E-state index in [-0.39, 0.29) is 33.5 Å². The molecule has 4 aromatic rings. The van der Waals surface area contributed by atoms with Gasteiger partial charge in [0.1, 0.15) is 22.2 Å². The van der Waals surface area contributed by atoms with Gasteiger partial charge in [0, 0.05) is 36.3 Å². The van der Waals surface area contributed by atoms with E-state index in [1.807, 2.05) is 12.1 Å². The number of nitrogens with zero attached hydrogens (tertiary/aromatic N) is 4. The highest BCUT2D eigenvalue weighted by atomic mass is 32.2. The van der Waals surface area contributed by atoms with Gasteiger partial charge in [-0.3, -0.25) is 0 Å². The van der Waals surface area contributed by atoms with E-state index in [0.29, 0.717) is 23.4 Å². The van der Waals surface area contributed by atoms with Crippen molar-refractivity contribution in [3.8, 4) is 39.8 Å². The number of halogens is 1. The lowest BCUT2D eigenvalue weighted by molar-refractivity contribution is 0.0285. The summed E-state index contributed by atoms with van der Waals surface area (Å²) in [5, 5.41) is 4.12. The molecule has 1 atom stereocenters. The number of rotatable bonds is 6. The van der Waals surface area contributed by atoms with Crippen molar-refractivity contribution in [2.75, 3.05) is 7.05 Å². The molecule has 0 spiro atoms. The number of sulfone groups is 1. The molecular weight excluding hydrogens is 605 g/mol. The van der Waals surface area contributed by atoms with Crippen molar-refractivity contribution >= 4 is 22.0 Å². The van der Waals surface area contributed by atoms with E-state index in [2.05, 4.69) is 15.1 Å². The second kappa shape index (κ2) is 11.3. The Kier molecular flexibility index (Phi) is 7.90. The average Bonchev–Trinajstić information content (AvgIpc) is 3.50. The third kappa shape index (κ3) is 6.10. The second-order valence-corrected chi connectivity index (χ2v) is 14.7. The molecule has 0 saturated heterocycles. The molecule has 0 radical (unpaired) electrons. The van der Waals surface area contributed by atoms with Crippen LogP contribution in [0.25, 0.3) is 34.0 Å². The van der Waals surface area contributed by atoms with Gasteiger partial charge in [0.05, 0.1) is 16.8 Å². The molecule has 3 heterocycles. The summed E-state index contributed by atoms with van der Waals surface area (Å²) < 4.78 is 55.3. The number of carbonyl (C=O) groups is 2. The van der Waals surface area contributed by atoms with Gasteiger partial charge in [0.25, 0.3) is 5.88 Å². The van der Waals surface area contributed by atoms with Crippen LogP contribution in [0.15, 0.2) is 64.1 Å². The first kappa shape index (κ1) is 31.6. The van der Waals surface area contributed by atoms with Crippen LogP contribution in [0.2, 0.25) is 0 Å². The number of alkyl halides is 1. The molecule has 5 rings (SSSR count). The molecule has 0 aliphatic carbocycles. The quantitative estimate of drug-likeness (QED) is 0.270. The number of aromatic nitrogens is 3. The van der Waals surface area contributed by atoms with Crippen molar-refractivity contribution in [2.45, 2.75) is 62.6 Å². The van der Waals surface area contributed by atoms with Crippen LogP contribution < -0.4 is 10.5 Å². The van der Waals surface area contributed by atoms with Gasteiger partial charge in [-0.05, 0) is 52.3 Å². The molecule has 12 nitrogen and oxygen atoms in total. The summed E-state index contributed by atoms with van der Waals surface area (Å²) in [5.74, 6) is -0.153. The summed E-state index contributed by atoms with van der Waals surface area (Å²) in [4.78, 5) is 34.0. The maximum atomic E-state index is 15.3. The summed E-state index contributed by atoms with van der Waals surface area (Å²) in [6, 6.07) is 13.1. The number of amides is 2. The number of ether oxygens (including phenoxy) is 2. The van der Waals surface area contributed by atoms with E-state index in [9.17, 15) is 18.0 Å². The van der Waals surface area contributed by atoms with Crippen LogP contribution in [-0.2, 0) is 21.1 Å². The summed E-state index contributed by atoms with van der Waals surface area (Å²) in [6.07, 6.45) is -2.03. The number of hydrogen-bond donors (Lipinski definition) is 1. The monoisotopic (exact) mass is 637 g/mol. The minimum Gasteiger partial charge on any atom is -0.444 e. The normalized spacial score (nSPS) is 16.6. The van der Waals surface area contributed by atoms with Crippen molar-refractivity contribution in [1.29, 1.82) is 0 Å². The lowest BCUT2D eigenvalue weighted by Crippen LogP contribution is -2.33. The smallest absolute Gasteiger partial charge is 0.411 e. The number of carbonyl (C=O) groups excluding carboxylic acids is 2. The fraction of sp³-hybridized carbons (Fsp3) is 0.323. The predicted octanol–water partition coefficient (Wildman–Crippen LogP) is 5.87. The van der Waals surface area contributed by atoms with E-state index in [4.69, 9.17) is 19.7 Å². The first-order valence-electron chi connectivity index (χ1n) is 13.9. The van der Waals surface area contributed by atoms with E-state index in [0.717, 1.165) is 5.56 Å². The molecule has 236 valence electrons. The van der Waals surface area contributed by atoms with Gasteiger partial charge in [-0.2, -0.15) is 0 Å². The molecule has 1 aliphatic rings. The largest absolute Gasteiger partial charge is 0.444 e. The van der Waals surface area contributed by atoms with E-state index in [1.165, 1.54) is 43.1 Å². The number of nitrogens with two attached hydrogens (primary N) is 1. The maximum Gasteiger partial charge on any atom is 0.411 e. The summed E-state index contributed by atoms with van der Waals surface area (Å²) >= 11 is 0. The van der Waals surface area contributed by atoms with Crippen LogP contribution >= 0.6 is 0 Å². The molecule has 2 aromatic heterocycles. The topological polar surface area (TPSA) is 168 Å². The van der Waals surface area contributed by atoms with Crippen molar-refractivity contribution in [2.24, 2.45) is 5.73 Å². The average molecular weight is 638 g/mol. The molecule has 2 N–H and O–H groups in total. The third-order valence-corrected chi connectivity index (χ3v) is 9.77. The molecular formula is C31H32FN5O7S. The lowest BCUT2D eigenvalue weighted by Gasteiger charge is -2.24. The van der Waals surface area contributed by atoms with Crippen LogP contribution in [0.4, 0.5) is 14.0 Å². The highest BCUT2D eigenvalue weighted by Crippen LogP contribution is 2.49. The Balaban J connectivity index is 1.43. The summed E-state index contributed by atoms with van der Waals surface area (Å²) in [5.41, 5.74) is 7.24. The lowest BCUT2D eigenvalue weighted by atomic mass is 9.98. The Morgan fingerprint density at radius 3 is 2.38 bits per heavy atom. The van der Waals surface area contributed by atoms with Gasteiger partial charge >= 0.3 is 12.2 Å². The Hall–Kier alpha value is -4.85. The molecule has 2 aromatic carbocycles. The van der Waals surface area contributed by atoms with Crippen molar-refractivity contribution in [3.63, 3.8) is 0 Å². The van der Waals surface area contributed by atoms with E-state index < -0.39 is 38.5 Å². The number of fused-ring (bicyclic) bond motifs is 1. The molecule has 1 aliphatic heterocycles. The first-order valence-corrected chi connectivity index (χ1v) is 15.3. The minimum absolute atomic E-state index is 0.00842. The Morgan fingerprint density at radius 2 is 1.73 bits per heavy atom. The Bertz CT molecular complexity index is 1900. The van der Waals surface area contributed by atoms with Gasteiger partial charge < -0.3 is 24.6 Å². The van der Waals surface area contributed by atoms with Gasteiger partial charge in [-0.15, -0.1) is 0 Å². The molecule has 0 bridgehead atoms. The molecule has 2 amide bonds. The summed E-state index contributed by atoms with van der Waals surface area (Å²) in [6.45, 7) is 8.41. The Labute approximate surface area is 259 Å². The van der Waals surface area contributed by atoms with E-state index >= 15 is 4.39 Å².